The molecule has 150 valence electrons. The summed E-state index contributed by atoms with van der Waals surface area (Å²) in [5.41, 5.74) is 0.607. The molecule has 0 atom stereocenters. The molecule has 9 heteroatoms. The lowest BCUT2D eigenvalue weighted by atomic mass is 10.2. The summed E-state index contributed by atoms with van der Waals surface area (Å²) in [6.45, 7) is 4.76. The molecular weight excluding hydrogens is 399 g/mol. The van der Waals surface area contributed by atoms with Gasteiger partial charge >= 0.3 is 6.03 Å². The van der Waals surface area contributed by atoms with Gasteiger partial charge in [0.15, 0.2) is 0 Å². The van der Waals surface area contributed by atoms with Crippen molar-refractivity contribution < 1.29 is 4.79 Å². The number of fused-ring (bicyclic) bond motifs is 1. The predicted molar refractivity (Wildman–Crippen MR) is 110 cm³/mol. The summed E-state index contributed by atoms with van der Waals surface area (Å²) in [6.07, 6.45) is 4.67. The van der Waals surface area contributed by atoms with Crippen molar-refractivity contribution in [1.82, 2.24) is 24.6 Å². The highest BCUT2D eigenvalue weighted by Crippen LogP contribution is 2.23. The molecule has 3 heterocycles. The van der Waals surface area contributed by atoms with E-state index in [9.17, 15) is 4.79 Å². The van der Waals surface area contributed by atoms with Gasteiger partial charge in [0.25, 0.3) is 0 Å². The summed E-state index contributed by atoms with van der Waals surface area (Å²) in [7, 11) is 0. The molecule has 0 unspecified atom stereocenters. The maximum absolute atomic E-state index is 12.5. The van der Waals surface area contributed by atoms with E-state index in [-0.39, 0.29) is 6.03 Å². The number of aromatic nitrogens is 3. The van der Waals surface area contributed by atoms with Gasteiger partial charge in [-0.2, -0.15) is 0 Å². The lowest BCUT2D eigenvalue weighted by Crippen LogP contribution is -2.49. The molecule has 0 bridgehead atoms. The van der Waals surface area contributed by atoms with Gasteiger partial charge in [-0.15, -0.1) is 10.2 Å². The van der Waals surface area contributed by atoms with E-state index < -0.39 is 0 Å². The number of piperazine rings is 1. The zero-order valence-corrected chi connectivity index (χ0v) is 17.2. The van der Waals surface area contributed by atoms with E-state index >= 15 is 0 Å². The highest BCUT2D eigenvalue weighted by molar-refractivity contribution is 6.35. The highest BCUT2D eigenvalue weighted by Gasteiger charge is 2.23. The number of rotatable bonds is 3. The topological polar surface area (TPSA) is 66.3 Å². The Morgan fingerprint density at radius 2 is 1.71 bits per heavy atom. The third-order valence-electron chi connectivity index (χ3n) is 5.32. The number of halogens is 2. The van der Waals surface area contributed by atoms with Crippen molar-refractivity contribution in [3.63, 3.8) is 0 Å². The van der Waals surface area contributed by atoms with Crippen LogP contribution < -0.4 is 5.32 Å². The van der Waals surface area contributed by atoms with Crippen molar-refractivity contribution in [2.45, 2.75) is 38.8 Å². The standard InChI is InChI=1S/C19H24Cl2N6O/c20-14-10-15(21)12-16(11-14)22-19(28)26-8-6-25(7-9-26)13-18-24-23-17-4-2-1-3-5-27(17)18/h10-12H,1-9,13H2,(H,22,28). The van der Waals surface area contributed by atoms with E-state index in [2.05, 4.69) is 25.0 Å². The van der Waals surface area contributed by atoms with Gasteiger partial charge in [-0.05, 0) is 31.0 Å². The molecule has 2 aliphatic rings. The van der Waals surface area contributed by atoms with Crippen LogP contribution in [0.4, 0.5) is 10.5 Å². The zero-order valence-electron chi connectivity index (χ0n) is 15.7. The Hall–Kier alpha value is -1.83. The van der Waals surface area contributed by atoms with Crippen LogP contribution in [0.15, 0.2) is 18.2 Å². The van der Waals surface area contributed by atoms with Crippen LogP contribution in [-0.2, 0) is 19.5 Å². The molecule has 1 fully saturated rings. The summed E-state index contributed by atoms with van der Waals surface area (Å²) in [5, 5.41) is 12.7. The molecule has 7 nitrogen and oxygen atoms in total. The van der Waals surface area contributed by atoms with Crippen LogP contribution in [0.5, 0.6) is 0 Å². The summed E-state index contributed by atoms with van der Waals surface area (Å²) in [6, 6.07) is 4.90. The van der Waals surface area contributed by atoms with E-state index in [4.69, 9.17) is 23.2 Å². The predicted octanol–water partition coefficient (Wildman–Crippen LogP) is 3.66. The maximum atomic E-state index is 12.5. The Morgan fingerprint density at radius 1 is 0.964 bits per heavy atom. The molecule has 4 rings (SSSR count). The van der Waals surface area contributed by atoms with Gasteiger partial charge in [0.05, 0.1) is 6.54 Å². The fourth-order valence-electron chi connectivity index (χ4n) is 3.80. The second-order valence-electron chi connectivity index (χ2n) is 7.35. The van der Waals surface area contributed by atoms with Gasteiger partial charge in [-0.3, -0.25) is 4.90 Å². The Kier molecular flexibility index (Phi) is 6.04. The number of nitrogens with one attached hydrogen (secondary N) is 1. The molecule has 1 saturated heterocycles. The van der Waals surface area contributed by atoms with Crippen LogP contribution in [0.1, 0.15) is 30.9 Å². The van der Waals surface area contributed by atoms with E-state index in [0.717, 1.165) is 44.2 Å². The van der Waals surface area contributed by atoms with Crippen LogP contribution in [0.3, 0.4) is 0 Å². The van der Waals surface area contributed by atoms with E-state index in [0.29, 0.717) is 28.8 Å². The van der Waals surface area contributed by atoms with Crippen molar-refractivity contribution >= 4 is 34.9 Å². The fourth-order valence-corrected chi connectivity index (χ4v) is 4.33. The molecule has 0 saturated carbocycles. The first-order chi connectivity index (χ1) is 13.6. The Balaban J connectivity index is 1.31. The number of anilines is 1. The largest absolute Gasteiger partial charge is 0.322 e. The van der Waals surface area contributed by atoms with E-state index in [1.807, 2.05) is 4.90 Å². The third kappa shape index (κ3) is 4.59. The van der Waals surface area contributed by atoms with Crippen LogP contribution in [-0.4, -0.2) is 56.8 Å². The Labute approximate surface area is 174 Å². The van der Waals surface area contributed by atoms with Crippen LogP contribution in [0.25, 0.3) is 0 Å². The monoisotopic (exact) mass is 422 g/mol. The van der Waals surface area contributed by atoms with Gasteiger partial charge in [-0.25, -0.2) is 4.79 Å². The Bertz CT molecular complexity index is 827. The number of aryl methyl sites for hydroxylation is 1. The van der Waals surface area contributed by atoms with Crippen molar-refractivity contribution in [2.24, 2.45) is 0 Å². The lowest BCUT2D eigenvalue weighted by molar-refractivity contribution is 0.140. The van der Waals surface area contributed by atoms with Crippen LogP contribution in [0.2, 0.25) is 10.0 Å². The SMILES string of the molecule is O=C(Nc1cc(Cl)cc(Cl)c1)N1CCN(Cc2nnc3n2CCCCC3)CC1. The third-order valence-corrected chi connectivity index (χ3v) is 5.76. The molecule has 2 aromatic rings. The second kappa shape index (κ2) is 8.68. The second-order valence-corrected chi connectivity index (χ2v) is 8.22. The highest BCUT2D eigenvalue weighted by atomic mass is 35.5. The van der Waals surface area contributed by atoms with Crippen molar-refractivity contribution in [2.75, 3.05) is 31.5 Å². The number of hydrogen-bond donors (Lipinski definition) is 1. The number of carbonyl (C=O) groups excluding carboxylic acids is 1. The van der Waals surface area contributed by atoms with Gasteiger partial charge < -0.3 is 14.8 Å². The Morgan fingerprint density at radius 3 is 2.46 bits per heavy atom. The zero-order chi connectivity index (χ0) is 19.5. The first-order valence-corrected chi connectivity index (χ1v) is 10.5. The molecule has 2 aliphatic heterocycles. The van der Waals surface area contributed by atoms with Gasteiger partial charge in [0.1, 0.15) is 11.6 Å². The van der Waals surface area contributed by atoms with E-state index in [1.165, 1.54) is 19.3 Å². The minimum Gasteiger partial charge on any atom is -0.322 e. The molecule has 1 aromatic carbocycles. The normalized spacial score (nSPS) is 17.9. The molecule has 1 N–H and O–H groups in total. The summed E-state index contributed by atoms with van der Waals surface area (Å²) in [4.78, 5) is 16.7. The minimum absolute atomic E-state index is 0.130. The molecule has 28 heavy (non-hydrogen) atoms. The van der Waals surface area contributed by atoms with Gasteiger partial charge in [0, 0.05) is 54.9 Å². The van der Waals surface area contributed by atoms with Gasteiger partial charge in [0.2, 0.25) is 0 Å². The quantitative estimate of drug-likeness (QED) is 0.819. The summed E-state index contributed by atoms with van der Waals surface area (Å²) < 4.78 is 2.29. The average Bonchev–Trinajstić information content (AvgIpc) is 2.88. The molecule has 0 spiro atoms. The van der Waals surface area contributed by atoms with Crippen molar-refractivity contribution in [1.29, 1.82) is 0 Å². The average molecular weight is 423 g/mol. The first-order valence-electron chi connectivity index (χ1n) is 9.74. The fraction of sp³-hybridized carbons (Fsp3) is 0.526. The number of amides is 2. The van der Waals surface area contributed by atoms with Crippen molar-refractivity contribution in [3.05, 3.63) is 39.9 Å². The molecular formula is C19H24Cl2N6O. The number of urea groups is 1. The number of benzene rings is 1. The van der Waals surface area contributed by atoms with Crippen molar-refractivity contribution in [3.8, 4) is 0 Å². The summed E-state index contributed by atoms with van der Waals surface area (Å²) in [5.74, 6) is 2.16. The first kappa shape index (κ1) is 19.5. The minimum atomic E-state index is -0.130. The molecule has 1 aromatic heterocycles. The summed E-state index contributed by atoms with van der Waals surface area (Å²) >= 11 is 12.0. The number of hydrogen-bond acceptors (Lipinski definition) is 4. The maximum Gasteiger partial charge on any atom is 0.321 e. The van der Waals surface area contributed by atoms with Gasteiger partial charge in [-0.1, -0.05) is 29.6 Å². The number of nitrogens with zero attached hydrogens (tertiary/aromatic N) is 5. The molecule has 0 radical (unpaired) electrons. The van der Waals surface area contributed by atoms with Crippen LogP contribution >= 0.6 is 23.2 Å². The number of carbonyl (C=O) groups is 1. The van der Waals surface area contributed by atoms with E-state index in [1.54, 1.807) is 18.2 Å². The van der Waals surface area contributed by atoms with Crippen LogP contribution in [0, 0.1) is 0 Å². The lowest BCUT2D eigenvalue weighted by Gasteiger charge is -2.34. The molecule has 2 amide bonds. The molecule has 0 aliphatic carbocycles. The smallest absolute Gasteiger partial charge is 0.321 e.